The minimum absolute atomic E-state index is 0.0150. The molecule has 0 aliphatic carbocycles. The lowest BCUT2D eigenvalue weighted by molar-refractivity contribution is -0.128. The molecule has 0 saturated heterocycles. The Morgan fingerprint density at radius 2 is 1.10 bits per heavy atom. The quantitative estimate of drug-likeness (QED) is 0.160. The van der Waals surface area contributed by atoms with Crippen molar-refractivity contribution in [3.05, 3.63) is 0 Å². The summed E-state index contributed by atoms with van der Waals surface area (Å²) in [5.41, 5.74) is 0. The third-order valence-electron chi connectivity index (χ3n) is 3.81. The number of Topliss-reactive ketones (excluding diaryl/α,β-unsaturated/α-hetero) is 1. The van der Waals surface area contributed by atoms with Crippen LogP contribution in [0.5, 0.6) is 0 Å². The topological polar surface area (TPSA) is 144 Å². The lowest BCUT2D eigenvalue weighted by atomic mass is 10.2. The number of ether oxygens (including phenoxy) is 3. The fourth-order valence-electron chi connectivity index (χ4n) is 2.16. The van der Waals surface area contributed by atoms with Crippen LogP contribution < -0.4 is 21.3 Å². The van der Waals surface area contributed by atoms with Gasteiger partial charge in [0.15, 0.2) is 0 Å². The Labute approximate surface area is 184 Å². The van der Waals surface area contributed by atoms with Gasteiger partial charge in [-0.15, -0.1) is 0 Å². The summed E-state index contributed by atoms with van der Waals surface area (Å²) < 4.78 is 16.2. The fourth-order valence-corrected chi connectivity index (χ4v) is 2.16. The Hall–Kier alpha value is -2.08. The number of carbonyl (C=O) groups is 4. The van der Waals surface area contributed by atoms with Gasteiger partial charge in [-0.1, -0.05) is 0 Å². The Bertz CT molecular complexity index is 518. The van der Waals surface area contributed by atoms with Gasteiger partial charge < -0.3 is 35.5 Å². The van der Waals surface area contributed by atoms with Gasteiger partial charge in [0.25, 0.3) is 0 Å². The predicted octanol–water partition coefficient (Wildman–Crippen LogP) is -1.25. The van der Waals surface area contributed by atoms with Crippen LogP contribution in [0.1, 0.15) is 32.6 Å². The number of nitrogens with one attached hydrogen (secondary N) is 4. The van der Waals surface area contributed by atoms with E-state index in [1.54, 1.807) is 0 Å². The molecule has 0 aromatic carbocycles. The maximum Gasteiger partial charge on any atom is 0.239 e. The van der Waals surface area contributed by atoms with Crippen LogP contribution in [0.25, 0.3) is 0 Å². The molecule has 0 radical (unpaired) electrons. The van der Waals surface area contributed by atoms with Crippen molar-refractivity contribution in [1.29, 1.82) is 0 Å². The van der Waals surface area contributed by atoms with Gasteiger partial charge in [0.05, 0.1) is 39.5 Å². The second-order valence-electron chi connectivity index (χ2n) is 6.75. The minimum atomic E-state index is -0.452. The summed E-state index contributed by atoms with van der Waals surface area (Å²) in [6.07, 6.45) is 1.65. The van der Waals surface area contributed by atoms with E-state index in [1.807, 2.05) is 7.05 Å². The number of hydrogen-bond acceptors (Lipinski definition) is 8. The van der Waals surface area contributed by atoms with Crippen LogP contribution in [0, 0.1) is 0 Å². The lowest BCUT2D eigenvalue weighted by Gasteiger charge is -2.08. The van der Waals surface area contributed by atoms with Gasteiger partial charge in [-0.2, -0.15) is 0 Å². The van der Waals surface area contributed by atoms with Crippen molar-refractivity contribution in [3.63, 3.8) is 0 Å². The van der Waals surface area contributed by atoms with E-state index < -0.39 is 11.8 Å². The molecule has 0 saturated carbocycles. The first-order chi connectivity index (χ1) is 15.0. The molecular formula is C20H38N4O7. The van der Waals surface area contributed by atoms with Crippen LogP contribution in [0.2, 0.25) is 0 Å². The Kier molecular flexibility index (Phi) is 19.7. The summed E-state index contributed by atoms with van der Waals surface area (Å²) >= 11 is 0. The largest absolute Gasteiger partial charge is 0.379 e. The Morgan fingerprint density at radius 1 is 0.613 bits per heavy atom. The third kappa shape index (κ3) is 22.4. The van der Waals surface area contributed by atoms with E-state index in [0.717, 1.165) is 19.6 Å². The summed E-state index contributed by atoms with van der Waals surface area (Å²) in [6.45, 7) is 5.75. The van der Waals surface area contributed by atoms with Crippen molar-refractivity contribution < 1.29 is 33.4 Å². The highest BCUT2D eigenvalue weighted by Gasteiger charge is 2.08. The molecule has 0 aliphatic rings. The van der Waals surface area contributed by atoms with E-state index in [9.17, 15) is 19.2 Å². The van der Waals surface area contributed by atoms with Gasteiger partial charge in [-0.05, 0) is 33.4 Å². The number of ketones is 1. The first-order valence-electron chi connectivity index (χ1n) is 10.6. The molecule has 180 valence electrons. The summed E-state index contributed by atoms with van der Waals surface area (Å²) in [7, 11) is 1.91. The summed E-state index contributed by atoms with van der Waals surface area (Å²) in [5.74, 6) is -1.27. The molecule has 0 heterocycles. The number of carbonyl (C=O) groups excluding carboxylic acids is 4. The van der Waals surface area contributed by atoms with Crippen LogP contribution in [0.3, 0.4) is 0 Å². The molecule has 0 aromatic heterocycles. The van der Waals surface area contributed by atoms with Crippen LogP contribution in [-0.4, -0.2) is 96.4 Å². The minimum Gasteiger partial charge on any atom is -0.379 e. The SMILES string of the molecule is CNCCCOCCOCCOCCCNC(=O)CCC(=O)NCC(=O)NCC(C)=O. The van der Waals surface area contributed by atoms with Crippen molar-refractivity contribution in [2.75, 3.05) is 72.9 Å². The van der Waals surface area contributed by atoms with Gasteiger partial charge in [-0.3, -0.25) is 19.2 Å². The monoisotopic (exact) mass is 446 g/mol. The van der Waals surface area contributed by atoms with Gasteiger partial charge in [0, 0.05) is 32.6 Å². The lowest BCUT2D eigenvalue weighted by Crippen LogP contribution is -2.39. The average Bonchev–Trinajstić information content (AvgIpc) is 2.75. The van der Waals surface area contributed by atoms with Crippen LogP contribution in [0.15, 0.2) is 0 Å². The van der Waals surface area contributed by atoms with Crippen molar-refractivity contribution in [2.24, 2.45) is 0 Å². The molecule has 0 unspecified atom stereocenters. The predicted molar refractivity (Wildman–Crippen MR) is 115 cm³/mol. The zero-order valence-corrected chi connectivity index (χ0v) is 18.8. The molecule has 31 heavy (non-hydrogen) atoms. The average molecular weight is 447 g/mol. The molecule has 0 fully saturated rings. The van der Waals surface area contributed by atoms with Crippen LogP contribution >= 0.6 is 0 Å². The summed E-state index contributed by atoms with van der Waals surface area (Å²) in [6, 6.07) is 0. The normalized spacial score (nSPS) is 10.5. The van der Waals surface area contributed by atoms with Gasteiger partial charge in [-0.25, -0.2) is 0 Å². The van der Waals surface area contributed by atoms with Crippen molar-refractivity contribution in [1.82, 2.24) is 21.3 Å². The van der Waals surface area contributed by atoms with Crippen molar-refractivity contribution in [3.8, 4) is 0 Å². The van der Waals surface area contributed by atoms with E-state index in [1.165, 1.54) is 6.92 Å². The molecule has 0 aromatic rings. The number of rotatable bonds is 21. The summed E-state index contributed by atoms with van der Waals surface area (Å²) in [5, 5.41) is 10.5. The molecule has 3 amide bonds. The highest BCUT2D eigenvalue weighted by molar-refractivity contribution is 5.89. The third-order valence-corrected chi connectivity index (χ3v) is 3.81. The van der Waals surface area contributed by atoms with E-state index in [0.29, 0.717) is 46.0 Å². The van der Waals surface area contributed by atoms with Crippen molar-refractivity contribution in [2.45, 2.75) is 32.6 Å². The number of amides is 3. The Balaban J connectivity index is 3.40. The molecular weight excluding hydrogens is 408 g/mol. The van der Waals surface area contributed by atoms with Gasteiger partial charge in [0.1, 0.15) is 5.78 Å². The summed E-state index contributed by atoms with van der Waals surface area (Å²) in [4.78, 5) is 45.4. The maximum atomic E-state index is 11.7. The van der Waals surface area contributed by atoms with Gasteiger partial charge >= 0.3 is 0 Å². The first-order valence-corrected chi connectivity index (χ1v) is 10.6. The maximum absolute atomic E-state index is 11.7. The fraction of sp³-hybridized carbons (Fsp3) is 0.800. The number of hydrogen-bond donors (Lipinski definition) is 4. The van der Waals surface area contributed by atoms with Crippen LogP contribution in [0.4, 0.5) is 0 Å². The second-order valence-corrected chi connectivity index (χ2v) is 6.75. The second kappa shape index (κ2) is 21.2. The highest BCUT2D eigenvalue weighted by Crippen LogP contribution is 1.90. The molecule has 0 spiro atoms. The first kappa shape index (κ1) is 28.9. The Morgan fingerprint density at radius 3 is 1.65 bits per heavy atom. The van der Waals surface area contributed by atoms with E-state index >= 15 is 0 Å². The smallest absolute Gasteiger partial charge is 0.239 e. The zero-order valence-electron chi connectivity index (χ0n) is 18.8. The van der Waals surface area contributed by atoms with Crippen molar-refractivity contribution >= 4 is 23.5 Å². The van der Waals surface area contributed by atoms with Crippen LogP contribution in [-0.2, 0) is 33.4 Å². The molecule has 11 nitrogen and oxygen atoms in total. The molecule has 0 aliphatic heterocycles. The van der Waals surface area contributed by atoms with Gasteiger partial charge in [0.2, 0.25) is 17.7 Å². The molecule has 4 N–H and O–H groups in total. The van der Waals surface area contributed by atoms with E-state index in [4.69, 9.17) is 14.2 Å². The molecule has 0 atom stereocenters. The van der Waals surface area contributed by atoms with E-state index in [2.05, 4.69) is 21.3 Å². The highest BCUT2D eigenvalue weighted by atomic mass is 16.5. The van der Waals surface area contributed by atoms with E-state index in [-0.39, 0.29) is 37.6 Å². The molecule has 11 heteroatoms. The zero-order chi connectivity index (χ0) is 23.2. The standard InChI is InChI=1S/C20H38N4O7/c1-17(25)15-23-20(28)16-24-19(27)6-5-18(26)22-8-4-10-30-12-14-31-13-11-29-9-3-7-21-2/h21H,3-16H2,1-2H3,(H,22,26)(H,23,28)(H,24,27). The molecule has 0 bridgehead atoms. The molecule has 0 rings (SSSR count).